The van der Waals surface area contributed by atoms with Crippen molar-refractivity contribution < 1.29 is 4.74 Å². The minimum atomic E-state index is 0.0944. The first-order chi connectivity index (χ1) is 9.74. The Morgan fingerprint density at radius 2 is 1.90 bits per heavy atom. The molecule has 4 nitrogen and oxygen atoms in total. The van der Waals surface area contributed by atoms with Crippen molar-refractivity contribution in [2.24, 2.45) is 0 Å². The molecule has 4 heteroatoms. The van der Waals surface area contributed by atoms with Gasteiger partial charge in [-0.25, -0.2) is 9.97 Å². The van der Waals surface area contributed by atoms with E-state index in [2.05, 4.69) is 28.3 Å². The molecule has 1 N–H and O–H groups in total. The zero-order chi connectivity index (χ0) is 14.4. The Balaban J connectivity index is 2.23. The first-order valence-electron chi connectivity index (χ1n) is 6.88. The van der Waals surface area contributed by atoms with Gasteiger partial charge in [-0.15, -0.1) is 0 Å². The molecule has 0 fully saturated rings. The van der Waals surface area contributed by atoms with Crippen LogP contribution in [0.2, 0.25) is 0 Å². The molecular formula is C16H21N3O. The van der Waals surface area contributed by atoms with Crippen LogP contribution in [0.1, 0.15) is 29.9 Å². The molecule has 0 bridgehead atoms. The molecule has 1 aromatic heterocycles. The van der Waals surface area contributed by atoms with E-state index in [1.54, 1.807) is 7.11 Å². The number of hydrogen-bond acceptors (Lipinski definition) is 4. The summed E-state index contributed by atoms with van der Waals surface area (Å²) in [5.41, 5.74) is 2.23. The molecular weight excluding hydrogens is 250 g/mol. The average Bonchev–Trinajstić information content (AvgIpc) is 2.48. The van der Waals surface area contributed by atoms with Crippen molar-refractivity contribution in [1.82, 2.24) is 15.3 Å². The van der Waals surface area contributed by atoms with E-state index in [-0.39, 0.29) is 6.04 Å². The Morgan fingerprint density at radius 1 is 1.20 bits per heavy atom. The lowest BCUT2D eigenvalue weighted by atomic mass is 10.0. The van der Waals surface area contributed by atoms with Gasteiger partial charge in [0.15, 0.2) is 0 Å². The van der Waals surface area contributed by atoms with Crippen molar-refractivity contribution in [1.29, 1.82) is 0 Å². The number of nitrogens with one attached hydrogen (secondary N) is 1. The Kier molecular flexibility index (Phi) is 5.07. The van der Waals surface area contributed by atoms with Crippen LogP contribution in [-0.2, 0) is 6.42 Å². The minimum absolute atomic E-state index is 0.0944. The largest absolute Gasteiger partial charge is 0.496 e. The Bertz CT molecular complexity index is 540. The fraction of sp³-hybridized carbons (Fsp3) is 0.375. The first-order valence-corrected chi connectivity index (χ1v) is 6.88. The SMILES string of the molecule is CCNC(Cc1ccccc1OC)c1ncc(C)cn1. The van der Waals surface area contributed by atoms with Crippen LogP contribution in [0, 0.1) is 6.92 Å². The van der Waals surface area contributed by atoms with Gasteiger partial charge in [-0.2, -0.15) is 0 Å². The number of likely N-dealkylation sites (N-methyl/N-ethyl adjacent to an activating group) is 1. The first kappa shape index (κ1) is 14.5. The second-order valence-electron chi connectivity index (χ2n) is 4.74. The van der Waals surface area contributed by atoms with E-state index in [9.17, 15) is 0 Å². The second kappa shape index (κ2) is 7.01. The average molecular weight is 271 g/mol. The van der Waals surface area contributed by atoms with Crippen molar-refractivity contribution in [3.8, 4) is 5.75 Å². The third-order valence-corrected chi connectivity index (χ3v) is 3.18. The van der Waals surface area contributed by atoms with Crippen LogP contribution in [0.5, 0.6) is 5.75 Å². The third kappa shape index (κ3) is 3.54. The number of para-hydroxylation sites is 1. The summed E-state index contributed by atoms with van der Waals surface area (Å²) in [7, 11) is 1.70. The third-order valence-electron chi connectivity index (χ3n) is 3.18. The highest BCUT2D eigenvalue weighted by Crippen LogP contribution is 2.23. The number of aromatic nitrogens is 2. The van der Waals surface area contributed by atoms with E-state index in [1.165, 1.54) is 0 Å². The molecule has 20 heavy (non-hydrogen) atoms. The van der Waals surface area contributed by atoms with E-state index in [0.29, 0.717) is 0 Å². The molecule has 0 aliphatic heterocycles. The number of nitrogens with zero attached hydrogens (tertiary/aromatic N) is 2. The van der Waals surface area contributed by atoms with E-state index in [1.807, 2.05) is 37.5 Å². The van der Waals surface area contributed by atoms with Gasteiger partial charge in [0.2, 0.25) is 0 Å². The van der Waals surface area contributed by atoms with Gasteiger partial charge in [-0.1, -0.05) is 25.1 Å². The maximum Gasteiger partial charge on any atom is 0.145 e. The summed E-state index contributed by atoms with van der Waals surface area (Å²) in [6.45, 7) is 4.95. The van der Waals surface area contributed by atoms with Crippen molar-refractivity contribution in [2.45, 2.75) is 26.3 Å². The fourth-order valence-corrected chi connectivity index (χ4v) is 2.18. The number of aryl methyl sites for hydroxylation is 1. The Hall–Kier alpha value is -1.94. The number of rotatable bonds is 6. The Labute approximate surface area is 120 Å². The maximum absolute atomic E-state index is 5.41. The molecule has 0 saturated carbocycles. The molecule has 0 amide bonds. The van der Waals surface area contributed by atoms with E-state index < -0.39 is 0 Å². The van der Waals surface area contributed by atoms with Crippen LogP contribution in [0.4, 0.5) is 0 Å². The van der Waals surface area contributed by atoms with Gasteiger partial charge in [-0.3, -0.25) is 0 Å². The Morgan fingerprint density at radius 3 is 2.55 bits per heavy atom. The number of hydrogen-bond donors (Lipinski definition) is 1. The van der Waals surface area contributed by atoms with E-state index in [4.69, 9.17) is 4.74 Å². The van der Waals surface area contributed by atoms with Gasteiger partial charge in [0, 0.05) is 12.4 Å². The van der Waals surface area contributed by atoms with Gasteiger partial charge >= 0.3 is 0 Å². The molecule has 1 heterocycles. The number of benzene rings is 1. The van der Waals surface area contributed by atoms with Crippen LogP contribution in [0.15, 0.2) is 36.7 Å². The number of methoxy groups -OCH3 is 1. The maximum atomic E-state index is 5.41. The molecule has 0 aliphatic carbocycles. The summed E-state index contributed by atoms with van der Waals surface area (Å²) in [6.07, 6.45) is 4.52. The van der Waals surface area contributed by atoms with Gasteiger partial charge in [0.1, 0.15) is 11.6 Å². The molecule has 0 spiro atoms. The molecule has 1 atom stereocenters. The summed E-state index contributed by atoms with van der Waals surface area (Å²) in [6, 6.07) is 8.16. The van der Waals surface area contributed by atoms with Gasteiger partial charge < -0.3 is 10.1 Å². The standard InChI is InChI=1S/C16H21N3O/c1-4-17-14(16-18-10-12(2)11-19-16)9-13-7-5-6-8-15(13)20-3/h5-8,10-11,14,17H,4,9H2,1-3H3. The smallest absolute Gasteiger partial charge is 0.145 e. The van der Waals surface area contributed by atoms with Crippen molar-refractivity contribution in [2.75, 3.05) is 13.7 Å². The summed E-state index contributed by atoms with van der Waals surface area (Å²) in [4.78, 5) is 8.87. The van der Waals surface area contributed by atoms with Crippen LogP contribution < -0.4 is 10.1 Å². The highest BCUT2D eigenvalue weighted by Gasteiger charge is 2.16. The molecule has 2 aromatic rings. The summed E-state index contributed by atoms with van der Waals surface area (Å²) < 4.78 is 5.41. The zero-order valence-electron chi connectivity index (χ0n) is 12.3. The summed E-state index contributed by atoms with van der Waals surface area (Å²) in [5.74, 6) is 1.73. The normalized spacial score (nSPS) is 12.2. The lowest BCUT2D eigenvalue weighted by molar-refractivity contribution is 0.404. The van der Waals surface area contributed by atoms with E-state index >= 15 is 0 Å². The van der Waals surface area contributed by atoms with Crippen LogP contribution in [-0.4, -0.2) is 23.6 Å². The fourth-order valence-electron chi connectivity index (χ4n) is 2.18. The highest BCUT2D eigenvalue weighted by molar-refractivity contribution is 5.34. The van der Waals surface area contributed by atoms with Crippen molar-refractivity contribution in [3.63, 3.8) is 0 Å². The molecule has 106 valence electrons. The second-order valence-corrected chi connectivity index (χ2v) is 4.74. The topological polar surface area (TPSA) is 47.0 Å². The molecule has 0 aliphatic rings. The molecule has 2 rings (SSSR count). The van der Waals surface area contributed by atoms with Crippen LogP contribution >= 0.6 is 0 Å². The monoisotopic (exact) mass is 271 g/mol. The van der Waals surface area contributed by atoms with Crippen molar-refractivity contribution in [3.05, 3.63) is 53.6 Å². The number of ether oxygens (including phenoxy) is 1. The molecule has 1 unspecified atom stereocenters. The van der Waals surface area contributed by atoms with Crippen LogP contribution in [0.3, 0.4) is 0 Å². The predicted molar refractivity (Wildman–Crippen MR) is 79.9 cm³/mol. The van der Waals surface area contributed by atoms with Gasteiger partial charge in [-0.05, 0) is 37.1 Å². The predicted octanol–water partition coefficient (Wildman–Crippen LogP) is 2.69. The summed E-state index contributed by atoms with van der Waals surface area (Å²) >= 11 is 0. The summed E-state index contributed by atoms with van der Waals surface area (Å²) in [5, 5.41) is 3.44. The quantitative estimate of drug-likeness (QED) is 0.877. The molecule has 1 aromatic carbocycles. The molecule has 0 saturated heterocycles. The lowest BCUT2D eigenvalue weighted by Gasteiger charge is -2.18. The van der Waals surface area contributed by atoms with Gasteiger partial charge in [0.25, 0.3) is 0 Å². The highest BCUT2D eigenvalue weighted by atomic mass is 16.5. The van der Waals surface area contributed by atoms with Crippen molar-refractivity contribution >= 4 is 0 Å². The zero-order valence-corrected chi connectivity index (χ0v) is 12.3. The lowest BCUT2D eigenvalue weighted by Crippen LogP contribution is -2.25. The van der Waals surface area contributed by atoms with Crippen LogP contribution in [0.25, 0.3) is 0 Å². The van der Waals surface area contributed by atoms with Gasteiger partial charge in [0.05, 0.1) is 13.2 Å². The molecule has 0 radical (unpaired) electrons. The van der Waals surface area contributed by atoms with E-state index in [0.717, 1.165) is 35.7 Å². The minimum Gasteiger partial charge on any atom is -0.496 e.